The topological polar surface area (TPSA) is 68.7 Å². The highest BCUT2D eigenvalue weighted by atomic mass is 19.3. The van der Waals surface area contributed by atoms with Gasteiger partial charge >= 0.3 is 12.4 Å². The van der Waals surface area contributed by atoms with Crippen LogP contribution in [0.4, 0.5) is 13.2 Å². The quantitative estimate of drug-likeness (QED) is 0.437. The lowest BCUT2D eigenvalue weighted by Gasteiger charge is -2.32. The summed E-state index contributed by atoms with van der Waals surface area (Å²) in [5, 5.41) is 0. The summed E-state index contributed by atoms with van der Waals surface area (Å²) < 4.78 is 51.6. The molecule has 2 fully saturated rings. The van der Waals surface area contributed by atoms with Gasteiger partial charge in [0, 0.05) is 22.9 Å². The third-order valence-corrected chi connectivity index (χ3v) is 6.89. The Hall–Kier alpha value is -2.94. The van der Waals surface area contributed by atoms with Crippen molar-refractivity contribution in [2.75, 3.05) is 6.67 Å². The fraction of sp³-hybridized carbons (Fsp3) is 0.536. The number of benzene rings is 1. The minimum Gasteiger partial charge on any atom is -0.460 e. The van der Waals surface area contributed by atoms with Gasteiger partial charge in [0.05, 0.1) is 12.5 Å². The second-order valence-electron chi connectivity index (χ2n) is 11.3. The van der Waals surface area contributed by atoms with E-state index in [1.54, 1.807) is 18.3 Å². The summed E-state index contributed by atoms with van der Waals surface area (Å²) in [7, 11) is 0. The van der Waals surface area contributed by atoms with E-state index in [0.717, 1.165) is 34.6 Å². The van der Waals surface area contributed by atoms with Gasteiger partial charge in [-0.1, -0.05) is 30.3 Å². The number of alkyl halides is 3. The maximum absolute atomic E-state index is 13.9. The lowest BCUT2D eigenvalue weighted by molar-refractivity contribution is -0.159. The van der Waals surface area contributed by atoms with E-state index in [2.05, 4.69) is 4.98 Å². The molecule has 1 aliphatic heterocycles. The van der Waals surface area contributed by atoms with Gasteiger partial charge in [-0.25, -0.2) is 4.39 Å². The normalized spacial score (nSPS) is 22.2. The highest BCUT2D eigenvalue weighted by Crippen LogP contribution is 2.51. The lowest BCUT2D eigenvalue weighted by Crippen LogP contribution is -2.51. The van der Waals surface area contributed by atoms with Crippen molar-refractivity contribution in [1.29, 1.82) is 0 Å². The van der Waals surface area contributed by atoms with Crippen molar-refractivity contribution >= 4 is 11.9 Å². The Morgan fingerprint density at radius 3 is 2.22 bits per heavy atom. The number of ether oxygens (including phenoxy) is 2. The van der Waals surface area contributed by atoms with Gasteiger partial charge in [0.2, 0.25) is 0 Å². The number of hydrogen-bond acceptors (Lipinski definition) is 5. The Morgan fingerprint density at radius 1 is 1.11 bits per heavy atom. The van der Waals surface area contributed by atoms with E-state index >= 15 is 0 Å². The van der Waals surface area contributed by atoms with Crippen molar-refractivity contribution in [3.05, 3.63) is 53.9 Å². The van der Waals surface area contributed by atoms with Crippen LogP contribution in [0.2, 0.25) is 0 Å². The fourth-order valence-electron chi connectivity index (χ4n) is 5.03. The van der Waals surface area contributed by atoms with E-state index in [9.17, 15) is 22.8 Å². The molecule has 0 radical (unpaired) electrons. The van der Waals surface area contributed by atoms with Gasteiger partial charge in [0.1, 0.15) is 24.1 Å². The summed E-state index contributed by atoms with van der Waals surface area (Å²) >= 11 is 0. The smallest absolute Gasteiger partial charge is 0.315 e. The molecule has 1 saturated carbocycles. The van der Waals surface area contributed by atoms with E-state index in [4.69, 9.17) is 9.47 Å². The summed E-state index contributed by atoms with van der Waals surface area (Å²) in [6.07, 6.45) is -0.309. The van der Waals surface area contributed by atoms with Crippen molar-refractivity contribution in [1.82, 2.24) is 9.88 Å². The predicted octanol–water partition coefficient (Wildman–Crippen LogP) is 5.75. The Bertz CT molecular complexity index is 1140. The largest absolute Gasteiger partial charge is 0.460 e. The summed E-state index contributed by atoms with van der Waals surface area (Å²) in [6.45, 7) is 7.49. The molecule has 200 valence electrons. The molecule has 2 aromatic rings. The Morgan fingerprint density at radius 2 is 1.73 bits per heavy atom. The van der Waals surface area contributed by atoms with Crippen LogP contribution in [0.15, 0.2) is 42.6 Å². The maximum Gasteiger partial charge on any atom is 0.315 e. The number of nitrogens with zero attached hydrogens (tertiary/aromatic N) is 2. The van der Waals surface area contributed by atoms with E-state index in [1.165, 1.54) is 13.8 Å². The summed E-state index contributed by atoms with van der Waals surface area (Å²) in [4.78, 5) is 29.9. The SMILES string of the molecule is CC(C)(C)OC(=O)CC1(c2ccc(-c3ccc([C@H]4OC(C)(C)N(C(=O)C(F)F)[C@@H]4CF)cc3)cn2)CC1. The number of esters is 1. The highest BCUT2D eigenvalue weighted by molar-refractivity contribution is 5.80. The molecule has 0 N–H and O–H groups in total. The molecule has 0 unspecified atom stereocenters. The van der Waals surface area contributed by atoms with Crippen LogP contribution in [0.1, 0.15) is 71.2 Å². The Labute approximate surface area is 215 Å². The first kappa shape index (κ1) is 27.1. The molecular formula is C28H33F3N2O4. The van der Waals surface area contributed by atoms with Crippen molar-refractivity contribution in [3.8, 4) is 11.1 Å². The van der Waals surface area contributed by atoms with Crippen LogP contribution in [0, 0.1) is 0 Å². The van der Waals surface area contributed by atoms with E-state index in [-0.39, 0.29) is 11.4 Å². The van der Waals surface area contributed by atoms with Crippen molar-refractivity contribution in [3.63, 3.8) is 0 Å². The first-order chi connectivity index (χ1) is 17.3. The molecule has 1 amide bonds. The number of amides is 1. The zero-order valence-electron chi connectivity index (χ0n) is 21.8. The first-order valence-corrected chi connectivity index (χ1v) is 12.4. The van der Waals surface area contributed by atoms with Gasteiger partial charge in [-0.2, -0.15) is 8.78 Å². The molecule has 2 heterocycles. The predicted molar refractivity (Wildman–Crippen MR) is 132 cm³/mol. The standard InChI is InChI=1S/C28H33F3N2O4/c1-26(2,3)36-22(34)14-28(12-13-28)21-11-10-19(16-32-21)17-6-8-18(9-7-17)23-20(15-29)33(25(35)24(30)31)27(4,5)37-23/h6-11,16,20,23-24H,12-15H2,1-5H3/t20-,23-/m1/s1. The van der Waals surface area contributed by atoms with Crippen LogP contribution in [0.3, 0.4) is 0 Å². The molecular weight excluding hydrogens is 485 g/mol. The minimum absolute atomic E-state index is 0.232. The van der Waals surface area contributed by atoms with Crippen LogP contribution in [-0.2, 0) is 24.5 Å². The molecule has 2 aliphatic rings. The summed E-state index contributed by atoms with van der Waals surface area (Å²) in [5.74, 6) is -1.68. The molecule has 4 rings (SSSR count). The van der Waals surface area contributed by atoms with Gasteiger partial charge in [0.25, 0.3) is 5.91 Å². The van der Waals surface area contributed by atoms with Gasteiger partial charge in [-0.05, 0) is 64.7 Å². The molecule has 0 bridgehead atoms. The van der Waals surface area contributed by atoms with E-state index in [1.807, 2.05) is 45.0 Å². The molecule has 9 heteroatoms. The molecule has 1 aromatic carbocycles. The highest BCUT2D eigenvalue weighted by Gasteiger charge is 2.52. The second-order valence-corrected chi connectivity index (χ2v) is 11.3. The monoisotopic (exact) mass is 518 g/mol. The zero-order valence-corrected chi connectivity index (χ0v) is 21.8. The maximum atomic E-state index is 13.9. The molecule has 1 saturated heterocycles. The summed E-state index contributed by atoms with van der Waals surface area (Å²) in [6, 6.07) is 9.85. The molecule has 37 heavy (non-hydrogen) atoms. The van der Waals surface area contributed by atoms with Gasteiger partial charge in [-0.3, -0.25) is 14.6 Å². The average Bonchev–Trinajstić information content (AvgIpc) is 3.53. The molecule has 0 spiro atoms. The molecule has 6 nitrogen and oxygen atoms in total. The van der Waals surface area contributed by atoms with Gasteiger partial charge in [0.15, 0.2) is 0 Å². The van der Waals surface area contributed by atoms with Crippen molar-refractivity contribution in [2.45, 2.75) is 89.2 Å². The van der Waals surface area contributed by atoms with E-state index < -0.39 is 42.5 Å². The number of pyridine rings is 1. The van der Waals surface area contributed by atoms with Crippen LogP contribution >= 0.6 is 0 Å². The number of hydrogen-bond donors (Lipinski definition) is 0. The molecule has 1 aromatic heterocycles. The fourth-order valence-corrected chi connectivity index (χ4v) is 5.03. The Kier molecular flexibility index (Phi) is 7.14. The van der Waals surface area contributed by atoms with Crippen molar-refractivity contribution < 1.29 is 32.2 Å². The van der Waals surface area contributed by atoms with Crippen LogP contribution in [0.5, 0.6) is 0 Å². The molecule has 1 aliphatic carbocycles. The minimum atomic E-state index is -3.24. The number of aromatic nitrogens is 1. The third kappa shape index (κ3) is 5.66. The van der Waals surface area contributed by atoms with Gasteiger partial charge in [-0.15, -0.1) is 0 Å². The van der Waals surface area contributed by atoms with Crippen LogP contribution in [0.25, 0.3) is 11.1 Å². The molecule has 2 atom stereocenters. The Balaban J connectivity index is 1.48. The number of carbonyl (C=O) groups is 2. The van der Waals surface area contributed by atoms with Crippen LogP contribution in [-0.4, -0.2) is 52.2 Å². The number of halogens is 3. The van der Waals surface area contributed by atoms with Crippen molar-refractivity contribution in [2.24, 2.45) is 0 Å². The second kappa shape index (κ2) is 9.74. The van der Waals surface area contributed by atoms with Gasteiger partial charge < -0.3 is 14.4 Å². The average molecular weight is 519 g/mol. The zero-order chi connectivity index (χ0) is 27.2. The summed E-state index contributed by atoms with van der Waals surface area (Å²) in [5.41, 5.74) is 0.975. The third-order valence-electron chi connectivity index (χ3n) is 6.89. The van der Waals surface area contributed by atoms with Crippen LogP contribution < -0.4 is 0 Å². The number of carbonyl (C=O) groups excluding carboxylic acids is 2. The number of rotatable bonds is 7. The lowest BCUT2D eigenvalue weighted by atomic mass is 9.95. The first-order valence-electron chi connectivity index (χ1n) is 12.4. The van der Waals surface area contributed by atoms with E-state index in [0.29, 0.717) is 12.0 Å².